The van der Waals surface area contributed by atoms with E-state index in [0.717, 1.165) is 12.8 Å². The molecule has 5 heteroatoms. The van der Waals surface area contributed by atoms with Crippen LogP contribution >= 0.6 is 8.60 Å². The Morgan fingerprint density at radius 3 is 2.64 bits per heavy atom. The van der Waals surface area contributed by atoms with Crippen molar-refractivity contribution in [3.63, 3.8) is 0 Å². The Bertz CT molecular complexity index is 81.0. The van der Waals surface area contributed by atoms with Gasteiger partial charge in [-0.2, -0.15) is 4.67 Å². The number of hydrogen-bond acceptors (Lipinski definition) is 4. The van der Waals surface area contributed by atoms with Gasteiger partial charge >= 0.3 is 8.60 Å². The van der Waals surface area contributed by atoms with Gasteiger partial charge in [-0.05, 0) is 13.3 Å². The Hall–Kier alpha value is 0.270. The van der Waals surface area contributed by atoms with E-state index in [0.29, 0.717) is 13.2 Å². The van der Waals surface area contributed by atoms with Crippen LogP contribution in [0.5, 0.6) is 0 Å². The van der Waals surface area contributed by atoms with E-state index in [-0.39, 0.29) is 0 Å². The fourth-order valence-electron chi connectivity index (χ4n) is 0.418. The molecule has 1 N–H and O–H groups in total. The fraction of sp³-hybridized carbons (Fsp3) is 1.00. The van der Waals surface area contributed by atoms with Gasteiger partial charge in [0.2, 0.25) is 0 Å². The molecule has 0 aromatic rings. The van der Waals surface area contributed by atoms with Crippen LogP contribution in [0.4, 0.5) is 0 Å². The summed E-state index contributed by atoms with van der Waals surface area (Å²) < 4.78 is 9.18. The van der Waals surface area contributed by atoms with Gasteiger partial charge in [-0.15, -0.1) is 0 Å². The molecule has 0 aliphatic heterocycles. The van der Waals surface area contributed by atoms with E-state index < -0.39 is 8.60 Å². The van der Waals surface area contributed by atoms with Gasteiger partial charge in [-0.3, -0.25) is 0 Å². The van der Waals surface area contributed by atoms with E-state index in [2.05, 4.69) is 9.56 Å². The van der Waals surface area contributed by atoms with Gasteiger partial charge < -0.3 is 9.42 Å². The van der Waals surface area contributed by atoms with Crippen molar-refractivity contribution < 1.29 is 19.0 Å². The highest BCUT2D eigenvalue weighted by atomic mass is 31.2. The maximum atomic E-state index is 8.84. The molecule has 0 saturated carbocycles. The highest BCUT2D eigenvalue weighted by Gasteiger charge is 2.04. The third-order valence-electron chi connectivity index (χ3n) is 0.937. The Balaban J connectivity index is 2.97. The number of unbranched alkanes of at least 4 members (excludes halogenated alkanes) is 1. The molecular formula is C6H15O4P. The summed E-state index contributed by atoms with van der Waals surface area (Å²) in [7, 11) is -1.82. The smallest absolute Gasteiger partial charge is 0.326 e. The van der Waals surface area contributed by atoms with Crippen molar-refractivity contribution in [1.29, 1.82) is 0 Å². The summed E-state index contributed by atoms with van der Waals surface area (Å²) in [6.45, 7) is 4.76. The first-order valence-electron chi connectivity index (χ1n) is 3.72. The first kappa shape index (κ1) is 11.3. The van der Waals surface area contributed by atoms with Crippen molar-refractivity contribution in [3.8, 4) is 0 Å². The largest absolute Gasteiger partial charge is 0.360 e. The first-order valence-corrected chi connectivity index (χ1v) is 4.85. The minimum atomic E-state index is -1.82. The maximum absolute atomic E-state index is 8.84. The second-order valence-electron chi connectivity index (χ2n) is 1.91. The molecule has 0 fully saturated rings. The molecule has 0 rings (SSSR count). The molecular weight excluding hydrogens is 167 g/mol. The molecule has 0 aliphatic carbocycles. The van der Waals surface area contributed by atoms with E-state index in [9.17, 15) is 0 Å². The van der Waals surface area contributed by atoms with Crippen LogP contribution < -0.4 is 0 Å². The molecule has 0 amide bonds. The zero-order chi connectivity index (χ0) is 8.53. The Morgan fingerprint density at radius 2 is 2.09 bits per heavy atom. The molecule has 0 aliphatic rings. The van der Waals surface area contributed by atoms with E-state index in [4.69, 9.17) is 9.42 Å². The minimum Gasteiger partial charge on any atom is -0.326 e. The summed E-state index contributed by atoms with van der Waals surface area (Å²) in [6, 6.07) is 0. The normalized spacial score (nSPS) is 13.4. The van der Waals surface area contributed by atoms with Crippen LogP contribution in [0.2, 0.25) is 0 Å². The maximum Gasteiger partial charge on any atom is 0.360 e. The molecule has 1 atom stereocenters. The first-order chi connectivity index (χ1) is 5.31. The van der Waals surface area contributed by atoms with Crippen molar-refractivity contribution in [2.24, 2.45) is 0 Å². The van der Waals surface area contributed by atoms with Gasteiger partial charge in [0, 0.05) is 0 Å². The second kappa shape index (κ2) is 8.37. The highest BCUT2D eigenvalue weighted by Crippen LogP contribution is 2.32. The standard InChI is InChI=1S/C6H15O4P/c1-3-5-6-8-10-11(7)9-4-2/h7H,3-6H2,1-2H3. The topological polar surface area (TPSA) is 47.9 Å². The van der Waals surface area contributed by atoms with Gasteiger partial charge in [0.05, 0.1) is 13.2 Å². The van der Waals surface area contributed by atoms with E-state index in [1.165, 1.54) is 0 Å². The monoisotopic (exact) mass is 182 g/mol. The number of rotatable bonds is 7. The highest BCUT2D eigenvalue weighted by molar-refractivity contribution is 7.40. The summed E-state index contributed by atoms with van der Waals surface area (Å²) in [5, 5.41) is 0. The molecule has 68 valence electrons. The summed E-state index contributed by atoms with van der Waals surface area (Å²) in [4.78, 5) is 13.5. The molecule has 11 heavy (non-hydrogen) atoms. The van der Waals surface area contributed by atoms with Gasteiger partial charge in [0.25, 0.3) is 0 Å². The molecule has 1 unspecified atom stereocenters. The lowest BCUT2D eigenvalue weighted by atomic mass is 10.4. The predicted molar refractivity (Wildman–Crippen MR) is 42.7 cm³/mol. The van der Waals surface area contributed by atoms with Crippen LogP contribution in [0.3, 0.4) is 0 Å². The molecule has 0 bridgehead atoms. The molecule has 4 nitrogen and oxygen atoms in total. The summed E-state index contributed by atoms with van der Waals surface area (Å²) in [5.74, 6) is 0. The van der Waals surface area contributed by atoms with Gasteiger partial charge in [0.1, 0.15) is 0 Å². The minimum absolute atomic E-state index is 0.430. The third-order valence-corrected chi connectivity index (χ3v) is 1.65. The van der Waals surface area contributed by atoms with Gasteiger partial charge in [-0.25, -0.2) is 4.89 Å². The van der Waals surface area contributed by atoms with Crippen molar-refractivity contribution in [1.82, 2.24) is 0 Å². The second-order valence-corrected chi connectivity index (χ2v) is 2.79. The lowest BCUT2D eigenvalue weighted by Gasteiger charge is -2.06. The van der Waals surface area contributed by atoms with Gasteiger partial charge in [-0.1, -0.05) is 13.3 Å². The Kier molecular flexibility index (Phi) is 8.57. The van der Waals surface area contributed by atoms with Crippen LogP contribution in [0.15, 0.2) is 0 Å². The van der Waals surface area contributed by atoms with E-state index in [1.807, 2.05) is 6.92 Å². The molecule has 0 heterocycles. The lowest BCUT2D eigenvalue weighted by molar-refractivity contribution is -0.215. The lowest BCUT2D eigenvalue weighted by Crippen LogP contribution is -1.94. The predicted octanol–water partition coefficient (Wildman–Crippen LogP) is 1.99. The van der Waals surface area contributed by atoms with E-state index in [1.54, 1.807) is 6.92 Å². The zero-order valence-electron chi connectivity index (χ0n) is 6.95. The van der Waals surface area contributed by atoms with Crippen LogP contribution in [0.1, 0.15) is 26.7 Å². The van der Waals surface area contributed by atoms with Gasteiger partial charge in [0.15, 0.2) is 0 Å². The average molecular weight is 182 g/mol. The SMILES string of the molecule is CCCCOOP(O)OCC. The molecule has 0 aromatic heterocycles. The third kappa shape index (κ3) is 8.17. The Labute approximate surface area is 68.4 Å². The summed E-state index contributed by atoms with van der Waals surface area (Å²) >= 11 is 0. The summed E-state index contributed by atoms with van der Waals surface area (Å²) in [5.41, 5.74) is 0. The average Bonchev–Trinajstić information content (AvgIpc) is 1.99. The quantitative estimate of drug-likeness (QED) is 0.283. The molecule has 0 spiro atoms. The Morgan fingerprint density at radius 1 is 1.36 bits per heavy atom. The van der Waals surface area contributed by atoms with Crippen molar-refractivity contribution >= 4 is 8.60 Å². The molecule has 0 aromatic carbocycles. The zero-order valence-corrected chi connectivity index (χ0v) is 7.84. The van der Waals surface area contributed by atoms with E-state index >= 15 is 0 Å². The van der Waals surface area contributed by atoms with Crippen molar-refractivity contribution in [2.45, 2.75) is 26.7 Å². The van der Waals surface area contributed by atoms with Crippen molar-refractivity contribution in [3.05, 3.63) is 0 Å². The number of hydrogen-bond donors (Lipinski definition) is 1. The van der Waals surface area contributed by atoms with Crippen LogP contribution in [-0.2, 0) is 14.1 Å². The molecule has 0 radical (unpaired) electrons. The molecule has 0 saturated heterocycles. The van der Waals surface area contributed by atoms with Crippen molar-refractivity contribution in [2.75, 3.05) is 13.2 Å². The van der Waals surface area contributed by atoms with Crippen LogP contribution in [-0.4, -0.2) is 18.1 Å². The van der Waals surface area contributed by atoms with Crippen LogP contribution in [0.25, 0.3) is 0 Å². The van der Waals surface area contributed by atoms with Crippen LogP contribution in [0, 0.1) is 0 Å². The summed E-state index contributed by atoms with van der Waals surface area (Å²) in [6.07, 6.45) is 1.97. The fourth-order valence-corrected chi connectivity index (χ4v) is 0.846.